The van der Waals surface area contributed by atoms with Crippen LogP contribution in [0.25, 0.3) is 0 Å². The lowest BCUT2D eigenvalue weighted by molar-refractivity contribution is 0.479. The van der Waals surface area contributed by atoms with Crippen LogP contribution in [0.4, 0.5) is 0 Å². The summed E-state index contributed by atoms with van der Waals surface area (Å²) in [6.45, 7) is 0. The molecule has 10 nitrogen and oxygen atoms in total. The Labute approximate surface area is 124 Å². The number of sulfonamides is 1. The Bertz CT molecular complexity index is 831. The van der Waals surface area contributed by atoms with Crippen LogP contribution in [0.15, 0.2) is 26.8 Å². The van der Waals surface area contributed by atoms with E-state index in [2.05, 4.69) is 0 Å². The van der Waals surface area contributed by atoms with Crippen molar-refractivity contribution in [2.45, 2.75) is 14.7 Å². The second-order valence-corrected chi connectivity index (χ2v) is 9.17. The Balaban J connectivity index is 4.11. The van der Waals surface area contributed by atoms with Gasteiger partial charge in [-0.05, 0) is 12.1 Å². The van der Waals surface area contributed by atoms with Crippen LogP contribution in [0, 0.1) is 3.57 Å². The molecule has 0 unspecified atom stereocenters. The number of hydrogen-bond acceptors (Lipinski definition) is 7. The summed E-state index contributed by atoms with van der Waals surface area (Å²) < 4.78 is 94.6. The Morgan fingerprint density at radius 1 is 0.900 bits per heavy atom. The van der Waals surface area contributed by atoms with Gasteiger partial charge in [0.1, 0.15) is 9.79 Å². The molecule has 0 bridgehead atoms. The van der Waals surface area contributed by atoms with Gasteiger partial charge in [-0.3, -0.25) is 12.2 Å². The largest absolute Gasteiger partial charge is 0.295 e. The van der Waals surface area contributed by atoms with E-state index in [1.54, 1.807) is 0 Å². The molecule has 0 aliphatic heterocycles. The summed E-state index contributed by atoms with van der Waals surface area (Å²) in [6.07, 6.45) is 0. The first-order valence-corrected chi connectivity index (χ1v) is 10.6. The van der Waals surface area contributed by atoms with E-state index in [0.717, 1.165) is 0 Å². The summed E-state index contributed by atoms with van der Waals surface area (Å²) in [5.41, 5.74) is 0. The Morgan fingerprint density at radius 3 is 1.65 bits per heavy atom. The van der Waals surface area contributed by atoms with Crippen molar-refractivity contribution in [1.82, 2.24) is 0 Å². The molecule has 0 aliphatic rings. The molecule has 0 aliphatic carbocycles. The minimum atomic E-state index is -5.08. The SMILES string of the molecule is NS(=O)(=O)c1cc(S(=O)(=O)O)cc(S(=O)(=O)O)c1I=O. The maximum atomic E-state index is 11.3. The summed E-state index contributed by atoms with van der Waals surface area (Å²) in [6, 6.07) is 0.638. The van der Waals surface area contributed by atoms with Gasteiger partial charge in [0, 0.05) is 0 Å². The monoisotopic (exact) mass is 459 g/mol. The van der Waals surface area contributed by atoms with Gasteiger partial charge in [0.05, 0.1) is 8.47 Å². The zero-order valence-electron chi connectivity index (χ0n) is 9.09. The minimum Gasteiger partial charge on any atom is -0.282 e. The number of nitrogens with two attached hydrogens (primary N) is 1. The third kappa shape index (κ3) is 3.77. The lowest BCUT2D eigenvalue weighted by atomic mass is 10.4. The fraction of sp³-hybridized carbons (Fsp3) is 0. The van der Waals surface area contributed by atoms with Crippen molar-refractivity contribution in [2.75, 3.05) is 0 Å². The van der Waals surface area contributed by atoms with E-state index in [0.29, 0.717) is 6.07 Å². The van der Waals surface area contributed by atoms with Crippen molar-refractivity contribution in [3.8, 4) is 0 Å². The Morgan fingerprint density at radius 2 is 1.35 bits per heavy atom. The Hall–Kier alpha value is -0.520. The standard InChI is InChI=1S/C6H6INO9S3/c8-18(10,11)4-1-3(19(12,13)14)2-5(6(4)7-9)20(15,16)17/h1-2H,(H2,8,10,11)(H,12,13,14)(H,15,16,17). The van der Waals surface area contributed by atoms with Gasteiger partial charge < -0.3 is 0 Å². The molecule has 1 aromatic rings. The van der Waals surface area contributed by atoms with Crippen molar-refractivity contribution in [3.63, 3.8) is 0 Å². The minimum absolute atomic E-state index is 0.284. The highest BCUT2D eigenvalue weighted by Gasteiger charge is 2.28. The second kappa shape index (κ2) is 5.35. The first-order chi connectivity index (χ1) is 8.78. The molecule has 20 heavy (non-hydrogen) atoms. The summed E-state index contributed by atoms with van der Waals surface area (Å²) in [5.74, 6) is 0. The molecule has 14 heteroatoms. The van der Waals surface area contributed by atoms with E-state index in [9.17, 15) is 28.3 Å². The van der Waals surface area contributed by atoms with Crippen LogP contribution in [-0.4, -0.2) is 34.4 Å². The highest BCUT2D eigenvalue weighted by Crippen LogP contribution is 2.30. The predicted molar refractivity (Wildman–Crippen MR) is 70.8 cm³/mol. The van der Waals surface area contributed by atoms with Gasteiger partial charge in [0.15, 0.2) is 21.2 Å². The van der Waals surface area contributed by atoms with Gasteiger partial charge in [0.2, 0.25) is 10.0 Å². The lowest BCUT2D eigenvalue weighted by Gasteiger charge is -2.08. The molecule has 0 amide bonds. The van der Waals surface area contributed by atoms with E-state index in [1.807, 2.05) is 0 Å². The van der Waals surface area contributed by atoms with Crippen LogP contribution in [0.5, 0.6) is 0 Å². The van der Waals surface area contributed by atoms with Crippen molar-refractivity contribution in [3.05, 3.63) is 15.7 Å². The van der Waals surface area contributed by atoms with Crippen LogP contribution in [0.3, 0.4) is 0 Å². The third-order valence-electron chi connectivity index (χ3n) is 1.94. The van der Waals surface area contributed by atoms with E-state index in [4.69, 9.17) is 14.2 Å². The smallest absolute Gasteiger partial charge is 0.282 e. The van der Waals surface area contributed by atoms with Crippen LogP contribution < -0.4 is 5.14 Å². The average Bonchev–Trinajstić information content (AvgIpc) is 2.23. The topological polar surface area (TPSA) is 186 Å². The van der Waals surface area contributed by atoms with Gasteiger partial charge in [-0.2, -0.15) is 16.8 Å². The summed E-state index contributed by atoms with van der Waals surface area (Å²) >= 11 is -2.44. The number of hydrogen-bond donors (Lipinski definition) is 3. The van der Waals surface area contributed by atoms with Gasteiger partial charge in [-0.1, -0.05) is 0 Å². The van der Waals surface area contributed by atoms with E-state index < -0.39 is 69.7 Å². The normalized spacial score (nSPS) is 13.3. The van der Waals surface area contributed by atoms with E-state index in [1.165, 1.54) is 0 Å². The first kappa shape index (κ1) is 17.5. The maximum Gasteiger partial charge on any atom is 0.295 e. The van der Waals surface area contributed by atoms with Crippen LogP contribution in [0.1, 0.15) is 0 Å². The molecule has 0 fully saturated rings. The zero-order valence-corrected chi connectivity index (χ0v) is 13.7. The Kier molecular flexibility index (Phi) is 4.69. The van der Waals surface area contributed by atoms with E-state index >= 15 is 0 Å². The molecule has 0 radical (unpaired) electrons. The molecule has 0 saturated heterocycles. The summed E-state index contributed by atoms with van der Waals surface area (Å²) in [5, 5.41) is 4.76. The van der Waals surface area contributed by atoms with Crippen LogP contribution in [-0.2, 0) is 33.3 Å². The predicted octanol–water partition coefficient (Wildman–Crippen LogP) is -0.687. The van der Waals surface area contributed by atoms with Gasteiger partial charge in [-0.25, -0.2) is 13.6 Å². The maximum absolute atomic E-state index is 11.3. The molecule has 0 spiro atoms. The molecule has 0 heterocycles. The quantitative estimate of drug-likeness (QED) is 0.387. The molecule has 0 aromatic heterocycles. The summed E-state index contributed by atoms with van der Waals surface area (Å²) in [7, 11) is -14.7. The lowest BCUT2D eigenvalue weighted by Crippen LogP contribution is -2.17. The first-order valence-electron chi connectivity index (χ1n) is 4.21. The second-order valence-electron chi connectivity index (χ2n) is 3.31. The zero-order chi connectivity index (χ0) is 15.9. The molecule has 0 atom stereocenters. The van der Waals surface area contributed by atoms with Crippen molar-refractivity contribution in [1.29, 1.82) is 0 Å². The molecule has 0 saturated carbocycles. The van der Waals surface area contributed by atoms with Crippen LogP contribution in [0.2, 0.25) is 0 Å². The number of primary sulfonamides is 1. The summed E-state index contributed by atoms with van der Waals surface area (Å²) in [4.78, 5) is -3.40. The third-order valence-corrected chi connectivity index (χ3v) is 6.92. The van der Waals surface area contributed by atoms with Crippen molar-refractivity contribution >= 4 is 51.5 Å². The molecule has 1 aromatic carbocycles. The average molecular weight is 459 g/mol. The molecular weight excluding hydrogens is 453 g/mol. The van der Waals surface area contributed by atoms with Gasteiger partial charge in [-0.15, -0.1) is 0 Å². The van der Waals surface area contributed by atoms with Gasteiger partial charge >= 0.3 is 0 Å². The van der Waals surface area contributed by atoms with Crippen LogP contribution >= 0.6 is 21.2 Å². The molecule has 114 valence electrons. The van der Waals surface area contributed by atoms with E-state index in [-0.39, 0.29) is 6.07 Å². The van der Waals surface area contributed by atoms with Crippen molar-refractivity contribution in [2.24, 2.45) is 5.14 Å². The highest BCUT2D eigenvalue weighted by atomic mass is 127. The fourth-order valence-electron chi connectivity index (χ4n) is 1.17. The fourth-order valence-corrected chi connectivity index (χ4v) is 6.10. The number of benzene rings is 1. The number of halogens is 1. The van der Waals surface area contributed by atoms with Gasteiger partial charge in [0.25, 0.3) is 20.2 Å². The highest BCUT2D eigenvalue weighted by molar-refractivity contribution is 14.1. The molecular formula is C6H6INO9S3. The van der Waals surface area contributed by atoms with Crippen molar-refractivity contribution < 1.29 is 37.4 Å². The molecule has 4 N–H and O–H groups in total. The molecule has 1 rings (SSSR count). The number of rotatable bonds is 4.